The van der Waals surface area contributed by atoms with Gasteiger partial charge in [-0.3, -0.25) is 0 Å². The van der Waals surface area contributed by atoms with Crippen LogP contribution in [0.2, 0.25) is 0 Å². The van der Waals surface area contributed by atoms with E-state index in [0.717, 1.165) is 4.47 Å². The van der Waals surface area contributed by atoms with Crippen molar-refractivity contribution < 1.29 is 4.39 Å². The van der Waals surface area contributed by atoms with Gasteiger partial charge in [0.05, 0.1) is 0 Å². The number of halogens is 2. The maximum absolute atomic E-state index is 13.4. The third-order valence-electron chi connectivity index (χ3n) is 2.43. The van der Waals surface area contributed by atoms with E-state index >= 15 is 0 Å². The Hall–Kier alpha value is -1.69. The van der Waals surface area contributed by atoms with Crippen LogP contribution in [0.15, 0.2) is 35.1 Å². The molecule has 0 saturated heterocycles. The van der Waals surface area contributed by atoms with Crippen LogP contribution in [0.5, 0.6) is 0 Å². The van der Waals surface area contributed by atoms with E-state index in [-0.39, 0.29) is 5.82 Å². The zero-order valence-corrected chi connectivity index (χ0v) is 11.3. The number of hydrogen-bond donors (Lipinski definition) is 2. The Morgan fingerprint density at radius 1 is 1.22 bits per heavy atom. The van der Waals surface area contributed by atoms with Crippen LogP contribution in [0, 0.1) is 5.82 Å². The Bertz CT molecular complexity index is 547. The molecule has 1 aromatic heterocycles. The van der Waals surface area contributed by atoms with Crippen molar-refractivity contribution >= 4 is 27.6 Å². The van der Waals surface area contributed by atoms with Crippen molar-refractivity contribution in [1.29, 1.82) is 0 Å². The minimum atomic E-state index is -0.232. The van der Waals surface area contributed by atoms with E-state index in [0.29, 0.717) is 23.7 Å². The lowest BCUT2D eigenvalue weighted by Gasteiger charge is -2.10. The molecule has 2 rings (SSSR count). The fraction of sp³-hybridized carbons (Fsp3) is 0.167. The molecule has 0 aliphatic heterocycles. The predicted octanol–water partition coefficient (Wildman–Crippen LogP) is 3.03. The van der Waals surface area contributed by atoms with E-state index in [9.17, 15) is 4.39 Å². The van der Waals surface area contributed by atoms with Crippen LogP contribution in [0.1, 0.15) is 5.56 Å². The molecule has 0 spiro atoms. The number of rotatable bonds is 4. The van der Waals surface area contributed by atoms with Crippen molar-refractivity contribution in [3.8, 4) is 0 Å². The quantitative estimate of drug-likeness (QED) is 0.911. The summed E-state index contributed by atoms with van der Waals surface area (Å²) in [4.78, 5) is 8.15. The molecule has 0 aliphatic carbocycles. The lowest BCUT2D eigenvalue weighted by Crippen LogP contribution is -2.06. The third-order valence-corrected chi connectivity index (χ3v) is 3.18. The largest absolute Gasteiger partial charge is 0.372 e. The summed E-state index contributed by atoms with van der Waals surface area (Å²) in [6.45, 7) is 0.367. The molecule has 0 unspecified atom stereocenters. The van der Waals surface area contributed by atoms with Gasteiger partial charge in [-0.15, -0.1) is 0 Å². The first-order valence-electron chi connectivity index (χ1n) is 5.38. The Kier molecular flexibility index (Phi) is 4.09. The summed E-state index contributed by atoms with van der Waals surface area (Å²) in [6.07, 6.45) is 1.44. The predicted molar refractivity (Wildman–Crippen MR) is 73.0 cm³/mol. The van der Waals surface area contributed by atoms with Crippen molar-refractivity contribution in [3.63, 3.8) is 0 Å². The maximum atomic E-state index is 13.4. The van der Waals surface area contributed by atoms with Gasteiger partial charge < -0.3 is 10.6 Å². The highest BCUT2D eigenvalue weighted by molar-refractivity contribution is 9.10. The van der Waals surface area contributed by atoms with Gasteiger partial charge in [-0.2, -0.15) is 0 Å². The maximum Gasteiger partial charge on any atom is 0.146 e. The molecule has 0 amide bonds. The van der Waals surface area contributed by atoms with Crippen LogP contribution < -0.4 is 10.6 Å². The van der Waals surface area contributed by atoms with Crippen LogP contribution in [0.25, 0.3) is 0 Å². The summed E-state index contributed by atoms with van der Waals surface area (Å²) >= 11 is 3.39. The second-order valence-corrected chi connectivity index (χ2v) is 4.37. The Labute approximate surface area is 113 Å². The average molecular weight is 311 g/mol. The molecular weight excluding hydrogens is 299 g/mol. The first-order chi connectivity index (χ1) is 8.72. The fourth-order valence-electron chi connectivity index (χ4n) is 1.49. The summed E-state index contributed by atoms with van der Waals surface area (Å²) in [6, 6.07) is 6.63. The van der Waals surface area contributed by atoms with E-state index < -0.39 is 0 Å². The van der Waals surface area contributed by atoms with Gasteiger partial charge in [-0.05, 0) is 22.0 Å². The number of aromatic nitrogens is 2. The summed E-state index contributed by atoms with van der Waals surface area (Å²) in [5.41, 5.74) is 0.592. The van der Waals surface area contributed by atoms with Gasteiger partial charge in [0.15, 0.2) is 0 Å². The summed E-state index contributed by atoms with van der Waals surface area (Å²) in [5, 5.41) is 6.00. The van der Waals surface area contributed by atoms with E-state index in [1.54, 1.807) is 25.2 Å². The molecule has 0 atom stereocenters. The zero-order valence-electron chi connectivity index (χ0n) is 9.74. The molecule has 0 radical (unpaired) electrons. The van der Waals surface area contributed by atoms with E-state index in [1.165, 1.54) is 12.4 Å². The summed E-state index contributed by atoms with van der Waals surface area (Å²) < 4.78 is 14.2. The van der Waals surface area contributed by atoms with Gasteiger partial charge in [0.25, 0.3) is 0 Å². The molecule has 2 N–H and O–H groups in total. The molecule has 0 aliphatic rings. The van der Waals surface area contributed by atoms with Gasteiger partial charge in [0, 0.05) is 19.2 Å². The second kappa shape index (κ2) is 5.77. The molecule has 4 nitrogen and oxygen atoms in total. The number of hydrogen-bond acceptors (Lipinski definition) is 4. The minimum absolute atomic E-state index is 0.232. The summed E-state index contributed by atoms with van der Waals surface area (Å²) in [5.74, 6) is 1.07. The SMILES string of the molecule is CNc1ncnc(NCc2ccccc2F)c1Br. The van der Waals surface area contributed by atoms with Gasteiger partial charge >= 0.3 is 0 Å². The molecule has 0 saturated carbocycles. The average Bonchev–Trinajstić information content (AvgIpc) is 2.39. The lowest BCUT2D eigenvalue weighted by molar-refractivity contribution is 0.613. The second-order valence-electron chi connectivity index (χ2n) is 3.58. The lowest BCUT2D eigenvalue weighted by atomic mass is 10.2. The molecule has 1 heterocycles. The van der Waals surface area contributed by atoms with E-state index in [1.807, 2.05) is 0 Å². The highest BCUT2D eigenvalue weighted by atomic mass is 79.9. The molecular formula is C12H12BrFN4. The van der Waals surface area contributed by atoms with Crippen molar-refractivity contribution in [2.45, 2.75) is 6.54 Å². The monoisotopic (exact) mass is 310 g/mol. The first kappa shape index (κ1) is 12.8. The smallest absolute Gasteiger partial charge is 0.146 e. The zero-order chi connectivity index (χ0) is 13.0. The van der Waals surface area contributed by atoms with Crippen LogP contribution >= 0.6 is 15.9 Å². The Morgan fingerprint density at radius 3 is 2.67 bits per heavy atom. The number of nitrogens with zero attached hydrogens (tertiary/aromatic N) is 2. The van der Waals surface area contributed by atoms with E-state index in [4.69, 9.17) is 0 Å². The minimum Gasteiger partial charge on any atom is -0.372 e. The van der Waals surface area contributed by atoms with Crippen molar-refractivity contribution in [2.24, 2.45) is 0 Å². The van der Waals surface area contributed by atoms with Crippen LogP contribution in [0.4, 0.5) is 16.0 Å². The molecule has 6 heteroatoms. The number of nitrogens with one attached hydrogen (secondary N) is 2. The molecule has 94 valence electrons. The molecule has 18 heavy (non-hydrogen) atoms. The first-order valence-corrected chi connectivity index (χ1v) is 6.17. The van der Waals surface area contributed by atoms with Gasteiger partial charge in [-0.1, -0.05) is 18.2 Å². The Morgan fingerprint density at radius 2 is 1.94 bits per heavy atom. The molecule has 0 fully saturated rings. The number of anilines is 2. The fourth-order valence-corrected chi connectivity index (χ4v) is 2.03. The van der Waals surface area contributed by atoms with Crippen LogP contribution in [-0.4, -0.2) is 17.0 Å². The Balaban J connectivity index is 2.14. The van der Waals surface area contributed by atoms with Crippen molar-refractivity contribution in [1.82, 2.24) is 9.97 Å². The molecule has 0 bridgehead atoms. The third kappa shape index (κ3) is 2.76. The van der Waals surface area contributed by atoms with Crippen molar-refractivity contribution in [2.75, 3.05) is 17.7 Å². The topological polar surface area (TPSA) is 49.8 Å². The molecule has 1 aromatic carbocycles. The summed E-state index contributed by atoms with van der Waals surface area (Å²) in [7, 11) is 1.77. The number of benzene rings is 1. The van der Waals surface area contributed by atoms with Crippen molar-refractivity contribution in [3.05, 3.63) is 46.4 Å². The van der Waals surface area contributed by atoms with Crippen LogP contribution in [0.3, 0.4) is 0 Å². The highest BCUT2D eigenvalue weighted by Crippen LogP contribution is 2.26. The van der Waals surface area contributed by atoms with Gasteiger partial charge in [-0.25, -0.2) is 14.4 Å². The van der Waals surface area contributed by atoms with Gasteiger partial charge in [0.2, 0.25) is 0 Å². The highest BCUT2D eigenvalue weighted by Gasteiger charge is 2.07. The van der Waals surface area contributed by atoms with Crippen LogP contribution in [-0.2, 0) is 6.54 Å². The molecule has 2 aromatic rings. The van der Waals surface area contributed by atoms with E-state index in [2.05, 4.69) is 36.5 Å². The standard InChI is InChI=1S/C12H12BrFN4/c1-15-11-10(13)12(18-7-17-11)16-6-8-4-2-3-5-9(8)14/h2-5,7H,6H2,1H3,(H2,15,16,17,18). The normalized spacial score (nSPS) is 10.2. The van der Waals surface area contributed by atoms with Gasteiger partial charge in [0.1, 0.15) is 28.3 Å².